The highest BCUT2D eigenvalue weighted by atomic mass is 28.4. The van der Waals surface area contributed by atoms with Gasteiger partial charge in [-0.25, -0.2) is 0 Å². The van der Waals surface area contributed by atoms with Crippen LogP contribution >= 0.6 is 0 Å². The summed E-state index contributed by atoms with van der Waals surface area (Å²) in [7, 11) is -1.95. The van der Waals surface area contributed by atoms with Crippen LogP contribution < -0.4 is 0 Å². The Morgan fingerprint density at radius 2 is 1.91 bits per heavy atom. The van der Waals surface area contributed by atoms with Gasteiger partial charge >= 0.3 is 5.97 Å². The van der Waals surface area contributed by atoms with E-state index in [1.54, 1.807) is 6.08 Å². The lowest BCUT2D eigenvalue weighted by Crippen LogP contribution is -2.63. The zero-order valence-electron chi connectivity index (χ0n) is 20.8. The molecule has 0 bridgehead atoms. The summed E-state index contributed by atoms with van der Waals surface area (Å²) in [5, 5.41) is 11.8. The van der Waals surface area contributed by atoms with Crippen LogP contribution in [0.1, 0.15) is 52.9 Å². The highest BCUT2D eigenvalue weighted by molar-refractivity contribution is 6.69. The van der Waals surface area contributed by atoms with Crippen molar-refractivity contribution in [2.45, 2.75) is 84.2 Å². The fraction of sp³-hybridized carbons (Fsp3) is 0.731. The predicted octanol–water partition coefficient (Wildman–Crippen LogP) is 3.99. The smallest absolute Gasteiger partial charge is 0.303 e. The topological polar surface area (TPSA) is 89.9 Å². The average molecular weight is 475 g/mol. The molecule has 7 heteroatoms. The Morgan fingerprint density at radius 3 is 2.55 bits per heavy atom. The molecule has 0 aromatic rings. The summed E-state index contributed by atoms with van der Waals surface area (Å²) in [6.07, 6.45) is 8.95. The van der Waals surface area contributed by atoms with E-state index in [0.29, 0.717) is 12.8 Å². The fourth-order valence-electron chi connectivity index (χ4n) is 7.60. The summed E-state index contributed by atoms with van der Waals surface area (Å²) in [4.78, 5) is 36.6. The molecule has 0 radical (unpaired) electrons. The molecule has 33 heavy (non-hydrogen) atoms. The number of carbonyl (C=O) groups is 3. The van der Waals surface area contributed by atoms with Crippen LogP contribution in [0, 0.1) is 28.6 Å². The highest BCUT2D eigenvalue weighted by Crippen LogP contribution is 2.67. The van der Waals surface area contributed by atoms with E-state index in [-0.39, 0.29) is 35.1 Å². The first-order valence-corrected chi connectivity index (χ1v) is 15.6. The molecule has 4 rings (SSSR count). The lowest BCUT2D eigenvalue weighted by molar-refractivity contribution is -0.179. The third-order valence-electron chi connectivity index (χ3n) is 9.00. The molecule has 0 heterocycles. The molecule has 0 amide bonds. The van der Waals surface area contributed by atoms with Crippen molar-refractivity contribution in [3.63, 3.8) is 0 Å². The van der Waals surface area contributed by atoms with Crippen LogP contribution in [0.5, 0.6) is 0 Å². The Bertz CT molecular complexity index is 932. The Morgan fingerprint density at radius 1 is 1.21 bits per heavy atom. The van der Waals surface area contributed by atoms with Crippen molar-refractivity contribution >= 4 is 25.9 Å². The van der Waals surface area contributed by atoms with Crippen LogP contribution in [-0.2, 0) is 23.5 Å². The van der Waals surface area contributed by atoms with E-state index in [4.69, 9.17) is 9.16 Å². The molecule has 0 aliphatic heterocycles. The quantitative estimate of drug-likeness (QED) is 0.479. The van der Waals surface area contributed by atoms with Gasteiger partial charge < -0.3 is 14.3 Å². The van der Waals surface area contributed by atoms with Crippen LogP contribution in [0.2, 0.25) is 19.6 Å². The molecule has 0 aromatic carbocycles. The Hall–Kier alpha value is -1.57. The summed E-state index contributed by atoms with van der Waals surface area (Å²) < 4.78 is 11.8. The number of allylic oxidation sites excluding steroid dienone is 4. The van der Waals surface area contributed by atoms with Gasteiger partial charge in [0, 0.05) is 23.9 Å². The minimum Gasteiger partial charge on any atom is -0.458 e. The number of ketones is 2. The van der Waals surface area contributed by atoms with Gasteiger partial charge in [0.2, 0.25) is 5.78 Å². The molecular formula is C26H38O6Si. The Labute approximate surface area is 197 Å². The van der Waals surface area contributed by atoms with Crippen LogP contribution in [-0.4, -0.2) is 49.3 Å². The van der Waals surface area contributed by atoms with Crippen molar-refractivity contribution in [3.05, 3.63) is 23.8 Å². The maximum absolute atomic E-state index is 13.2. The molecule has 3 saturated carbocycles. The molecule has 4 aliphatic carbocycles. The van der Waals surface area contributed by atoms with Crippen molar-refractivity contribution in [1.82, 2.24) is 0 Å². The molecule has 7 atom stereocenters. The number of hydrogen-bond acceptors (Lipinski definition) is 6. The first-order valence-electron chi connectivity index (χ1n) is 12.2. The fourth-order valence-corrected chi connectivity index (χ4v) is 8.74. The predicted molar refractivity (Wildman–Crippen MR) is 127 cm³/mol. The largest absolute Gasteiger partial charge is 0.458 e. The highest BCUT2D eigenvalue weighted by Gasteiger charge is 2.68. The van der Waals surface area contributed by atoms with Crippen molar-refractivity contribution in [2.24, 2.45) is 28.6 Å². The normalized spacial score (nSPS) is 42.2. The summed E-state index contributed by atoms with van der Waals surface area (Å²) in [6, 6.07) is 0. The van der Waals surface area contributed by atoms with Crippen molar-refractivity contribution < 1.29 is 28.7 Å². The molecule has 0 saturated heterocycles. The number of Topliss-reactive ketones (excluding diaryl/α,β-unsaturated/α-hetero) is 1. The second kappa shape index (κ2) is 7.99. The first kappa shape index (κ1) is 24.5. The zero-order valence-corrected chi connectivity index (χ0v) is 21.8. The lowest BCUT2D eigenvalue weighted by Gasteiger charge is -2.61. The lowest BCUT2D eigenvalue weighted by atomic mass is 9.46. The first-order chi connectivity index (χ1) is 15.2. The molecule has 182 valence electrons. The number of hydrogen-bond donors (Lipinski definition) is 1. The summed E-state index contributed by atoms with van der Waals surface area (Å²) in [5.74, 6) is -0.236. The van der Waals surface area contributed by atoms with E-state index in [1.165, 1.54) is 12.5 Å². The number of ether oxygens (including phenoxy) is 1. The number of carbonyl (C=O) groups excluding carboxylic acids is 3. The molecular weight excluding hydrogens is 436 g/mol. The Kier molecular flexibility index (Phi) is 5.94. The third-order valence-corrected chi connectivity index (χ3v) is 10.0. The van der Waals surface area contributed by atoms with Crippen molar-refractivity contribution in [3.8, 4) is 0 Å². The van der Waals surface area contributed by atoms with Crippen LogP contribution in [0.25, 0.3) is 0 Å². The van der Waals surface area contributed by atoms with Crippen molar-refractivity contribution in [2.75, 3.05) is 6.61 Å². The van der Waals surface area contributed by atoms with Gasteiger partial charge in [-0.1, -0.05) is 25.5 Å². The van der Waals surface area contributed by atoms with Gasteiger partial charge in [0.05, 0.1) is 0 Å². The second-order valence-electron chi connectivity index (χ2n) is 12.0. The van der Waals surface area contributed by atoms with E-state index >= 15 is 0 Å². The zero-order chi connectivity index (χ0) is 24.4. The summed E-state index contributed by atoms with van der Waals surface area (Å²) in [5.41, 5.74) is -1.26. The molecule has 0 spiro atoms. The molecule has 6 nitrogen and oxygen atoms in total. The number of rotatable bonds is 5. The summed E-state index contributed by atoms with van der Waals surface area (Å²) in [6.45, 7) is 11.7. The van der Waals surface area contributed by atoms with Crippen LogP contribution in [0.4, 0.5) is 0 Å². The Balaban J connectivity index is 1.75. The van der Waals surface area contributed by atoms with Gasteiger partial charge in [0.25, 0.3) is 0 Å². The van der Waals surface area contributed by atoms with E-state index in [0.717, 1.165) is 19.3 Å². The number of aliphatic hydroxyl groups is 1. The standard InChI is InChI=1S/C26H38O6Si/c1-16(27)31-15-22(29)26(30)12-10-20-19-8-7-17-13-18(28)9-11-24(17,2)23(19)21(14-25(20,26)3)32-33(4,5)6/h9,11,13,19-21,23,30H,7-8,10,12,14-15H2,1-6H3/t19-,20-,21?,23+,24-,25-,26-/m0/s1. The monoisotopic (exact) mass is 474 g/mol. The van der Waals surface area contributed by atoms with Gasteiger partial charge in [-0.2, -0.15) is 0 Å². The average Bonchev–Trinajstić information content (AvgIpc) is 2.97. The summed E-state index contributed by atoms with van der Waals surface area (Å²) >= 11 is 0. The minimum absolute atomic E-state index is 0.0514. The van der Waals surface area contributed by atoms with E-state index in [1.807, 2.05) is 13.0 Å². The van der Waals surface area contributed by atoms with Crippen molar-refractivity contribution in [1.29, 1.82) is 0 Å². The van der Waals surface area contributed by atoms with Gasteiger partial charge in [-0.15, -0.1) is 0 Å². The second-order valence-corrected chi connectivity index (χ2v) is 16.5. The van der Waals surface area contributed by atoms with Gasteiger partial charge in [0.15, 0.2) is 20.7 Å². The van der Waals surface area contributed by atoms with Crippen LogP contribution in [0.3, 0.4) is 0 Å². The maximum atomic E-state index is 13.2. The van der Waals surface area contributed by atoms with Gasteiger partial charge in [0.1, 0.15) is 5.60 Å². The third kappa shape index (κ3) is 3.90. The molecule has 1 unspecified atom stereocenters. The number of esters is 1. The minimum atomic E-state index is -1.95. The van der Waals surface area contributed by atoms with E-state index < -0.39 is 37.7 Å². The van der Waals surface area contributed by atoms with Gasteiger partial charge in [-0.05, 0) is 81.7 Å². The van der Waals surface area contributed by atoms with E-state index in [9.17, 15) is 19.5 Å². The van der Waals surface area contributed by atoms with Crippen LogP contribution in [0.15, 0.2) is 23.8 Å². The number of fused-ring (bicyclic) bond motifs is 5. The maximum Gasteiger partial charge on any atom is 0.303 e. The molecule has 3 fully saturated rings. The molecule has 1 N–H and O–H groups in total. The molecule has 4 aliphatic rings. The van der Waals surface area contributed by atoms with Gasteiger partial charge in [-0.3, -0.25) is 14.4 Å². The van der Waals surface area contributed by atoms with E-state index in [2.05, 4.69) is 32.6 Å². The molecule has 0 aromatic heterocycles. The SMILES string of the molecule is CC(=O)OCC(=O)[C@@]1(O)CC[C@H]2[C@@H]3CCC4=CC(=O)C=C[C@]4(C)[C@H]3C(O[Si](C)(C)C)C[C@@]21C.